The van der Waals surface area contributed by atoms with E-state index in [9.17, 15) is 9.90 Å². The number of fused-ring (bicyclic) bond motifs is 1. The van der Waals surface area contributed by atoms with E-state index in [1.54, 1.807) is 12.1 Å². The molecule has 2 rings (SSSR count). The minimum Gasteiger partial charge on any atom is -0.481 e. The Bertz CT molecular complexity index is 610. The van der Waals surface area contributed by atoms with E-state index in [1.165, 1.54) is 0 Å². The van der Waals surface area contributed by atoms with Crippen LogP contribution >= 0.6 is 11.6 Å². The van der Waals surface area contributed by atoms with Gasteiger partial charge in [0.15, 0.2) is 0 Å². The quantitative estimate of drug-likeness (QED) is 0.917. The lowest BCUT2D eigenvalue weighted by molar-refractivity contribution is -0.138. The molecule has 0 aliphatic heterocycles. The molecule has 94 valence electrons. The minimum absolute atomic E-state index is 0.521. The van der Waals surface area contributed by atoms with Crippen molar-refractivity contribution in [3.63, 3.8) is 0 Å². The minimum atomic E-state index is -0.815. The van der Waals surface area contributed by atoms with Crippen LogP contribution in [0.5, 0.6) is 0 Å². The molecule has 2 aromatic rings. The second-order valence-electron chi connectivity index (χ2n) is 4.31. The Labute approximate surface area is 110 Å². The molecule has 0 aliphatic carbocycles. The number of aryl methyl sites for hydroxylation is 1. The van der Waals surface area contributed by atoms with Crippen molar-refractivity contribution in [1.82, 2.24) is 4.98 Å². The molecule has 4 heteroatoms. The number of hydrogen-bond acceptors (Lipinski definition) is 2. The van der Waals surface area contributed by atoms with Gasteiger partial charge in [-0.1, -0.05) is 18.5 Å². The zero-order valence-corrected chi connectivity index (χ0v) is 11.0. The van der Waals surface area contributed by atoms with E-state index >= 15 is 0 Å². The molecular weight excluding hydrogens is 250 g/mol. The van der Waals surface area contributed by atoms with Gasteiger partial charge in [0.1, 0.15) is 0 Å². The highest BCUT2D eigenvalue weighted by atomic mass is 35.5. The summed E-state index contributed by atoms with van der Waals surface area (Å²) in [6, 6.07) is 7.20. The zero-order valence-electron chi connectivity index (χ0n) is 10.3. The van der Waals surface area contributed by atoms with E-state index in [0.29, 0.717) is 11.4 Å². The molecule has 18 heavy (non-hydrogen) atoms. The number of pyridine rings is 1. The van der Waals surface area contributed by atoms with Crippen molar-refractivity contribution in [3.05, 3.63) is 40.5 Å². The van der Waals surface area contributed by atoms with Gasteiger partial charge >= 0.3 is 5.97 Å². The molecule has 1 unspecified atom stereocenters. The molecule has 0 fully saturated rings. The number of nitrogens with zero attached hydrogens (tertiary/aromatic N) is 1. The van der Waals surface area contributed by atoms with Gasteiger partial charge in [-0.2, -0.15) is 0 Å². The van der Waals surface area contributed by atoms with Crippen molar-refractivity contribution in [2.45, 2.75) is 26.2 Å². The SMILES string of the molecule is CCC(C(=O)O)c1cc(C)nc2ccc(Cl)cc12. The van der Waals surface area contributed by atoms with Crippen molar-refractivity contribution >= 4 is 28.5 Å². The Kier molecular flexibility index (Phi) is 3.53. The Morgan fingerprint density at radius 2 is 2.17 bits per heavy atom. The van der Waals surface area contributed by atoms with Crippen LogP contribution in [0.3, 0.4) is 0 Å². The number of carboxylic acid groups (broad SMARTS) is 1. The van der Waals surface area contributed by atoms with Gasteiger partial charge < -0.3 is 5.11 Å². The average Bonchev–Trinajstić information content (AvgIpc) is 2.30. The van der Waals surface area contributed by atoms with Gasteiger partial charge in [0, 0.05) is 16.1 Å². The first-order valence-corrected chi connectivity index (χ1v) is 6.20. The number of halogens is 1. The molecule has 0 radical (unpaired) electrons. The first-order chi connectivity index (χ1) is 8.52. The van der Waals surface area contributed by atoms with E-state index in [0.717, 1.165) is 22.2 Å². The van der Waals surface area contributed by atoms with Crippen LogP contribution < -0.4 is 0 Å². The highest BCUT2D eigenvalue weighted by Gasteiger charge is 2.20. The first-order valence-electron chi connectivity index (χ1n) is 5.82. The summed E-state index contributed by atoms with van der Waals surface area (Å²) in [7, 11) is 0. The first kappa shape index (κ1) is 12.8. The van der Waals surface area contributed by atoms with Gasteiger partial charge in [0.25, 0.3) is 0 Å². The molecule has 0 spiro atoms. The van der Waals surface area contributed by atoms with Crippen LogP contribution in [0.15, 0.2) is 24.3 Å². The highest BCUT2D eigenvalue weighted by molar-refractivity contribution is 6.31. The van der Waals surface area contributed by atoms with Crippen molar-refractivity contribution in [1.29, 1.82) is 0 Å². The maximum atomic E-state index is 11.3. The molecule has 0 saturated carbocycles. The summed E-state index contributed by atoms with van der Waals surface area (Å²) in [5, 5.41) is 10.7. The van der Waals surface area contributed by atoms with Crippen molar-refractivity contribution in [3.8, 4) is 0 Å². The van der Waals surface area contributed by atoms with Crippen molar-refractivity contribution < 1.29 is 9.90 Å². The molecule has 0 bridgehead atoms. The van der Waals surface area contributed by atoms with E-state index in [2.05, 4.69) is 4.98 Å². The van der Waals surface area contributed by atoms with Gasteiger partial charge in [0.2, 0.25) is 0 Å². The third-order valence-electron chi connectivity index (χ3n) is 3.01. The molecule has 0 saturated heterocycles. The summed E-state index contributed by atoms with van der Waals surface area (Å²) in [6.07, 6.45) is 0.542. The number of rotatable bonds is 3. The maximum absolute atomic E-state index is 11.3. The van der Waals surface area contributed by atoms with Crippen LogP contribution in [-0.4, -0.2) is 16.1 Å². The second-order valence-corrected chi connectivity index (χ2v) is 4.75. The smallest absolute Gasteiger partial charge is 0.310 e. The molecule has 1 aromatic heterocycles. The van der Waals surface area contributed by atoms with Crippen molar-refractivity contribution in [2.75, 3.05) is 0 Å². The van der Waals surface area contributed by atoms with Crippen LogP contribution in [-0.2, 0) is 4.79 Å². The monoisotopic (exact) mass is 263 g/mol. The summed E-state index contributed by atoms with van der Waals surface area (Å²) < 4.78 is 0. The molecule has 1 N–H and O–H groups in total. The predicted molar refractivity (Wildman–Crippen MR) is 72.2 cm³/mol. The van der Waals surface area contributed by atoms with E-state index < -0.39 is 11.9 Å². The van der Waals surface area contributed by atoms with E-state index in [4.69, 9.17) is 11.6 Å². The third kappa shape index (κ3) is 2.31. The summed E-state index contributed by atoms with van der Waals surface area (Å²) >= 11 is 5.98. The lowest BCUT2D eigenvalue weighted by Crippen LogP contribution is -2.11. The number of aromatic nitrogens is 1. The highest BCUT2D eigenvalue weighted by Crippen LogP contribution is 2.29. The number of hydrogen-bond donors (Lipinski definition) is 1. The third-order valence-corrected chi connectivity index (χ3v) is 3.25. The Balaban J connectivity index is 2.75. The lowest BCUT2D eigenvalue weighted by Gasteiger charge is -2.14. The largest absolute Gasteiger partial charge is 0.481 e. The molecule has 1 aromatic carbocycles. The number of carboxylic acids is 1. The summed E-state index contributed by atoms with van der Waals surface area (Å²) in [5.41, 5.74) is 2.39. The lowest BCUT2D eigenvalue weighted by atomic mass is 9.93. The Morgan fingerprint density at radius 1 is 1.44 bits per heavy atom. The molecule has 1 heterocycles. The van der Waals surface area contributed by atoms with Gasteiger partial charge in [-0.25, -0.2) is 0 Å². The fourth-order valence-electron chi connectivity index (χ4n) is 2.18. The van der Waals surface area contributed by atoms with E-state index in [-0.39, 0.29) is 0 Å². The normalized spacial score (nSPS) is 12.6. The predicted octanol–water partition coefficient (Wildman–Crippen LogP) is 3.77. The summed E-state index contributed by atoms with van der Waals surface area (Å²) in [5.74, 6) is -1.34. The van der Waals surface area contributed by atoms with Gasteiger partial charge in [-0.3, -0.25) is 9.78 Å². The molecule has 1 atom stereocenters. The molecular formula is C14H14ClNO2. The van der Waals surface area contributed by atoms with Crippen LogP contribution in [0.1, 0.15) is 30.5 Å². The standard InChI is InChI=1S/C14H14ClNO2/c1-3-10(14(17)18)11-6-8(2)16-13-5-4-9(15)7-12(11)13/h4-7,10H,3H2,1-2H3,(H,17,18). The topological polar surface area (TPSA) is 50.2 Å². The van der Waals surface area contributed by atoms with E-state index in [1.807, 2.05) is 26.0 Å². The van der Waals surface area contributed by atoms with Gasteiger partial charge in [-0.05, 0) is 43.2 Å². The van der Waals surface area contributed by atoms with Crippen LogP contribution in [0.2, 0.25) is 5.02 Å². The van der Waals surface area contributed by atoms with Gasteiger partial charge in [0.05, 0.1) is 11.4 Å². The second kappa shape index (κ2) is 4.94. The fraction of sp³-hybridized carbons (Fsp3) is 0.286. The zero-order chi connectivity index (χ0) is 13.3. The van der Waals surface area contributed by atoms with Crippen molar-refractivity contribution in [2.24, 2.45) is 0 Å². The van der Waals surface area contributed by atoms with Crippen LogP contribution in [0, 0.1) is 6.92 Å². The Morgan fingerprint density at radius 3 is 2.78 bits per heavy atom. The molecule has 0 aliphatic rings. The summed E-state index contributed by atoms with van der Waals surface area (Å²) in [4.78, 5) is 15.7. The van der Waals surface area contributed by atoms with Gasteiger partial charge in [-0.15, -0.1) is 0 Å². The number of carbonyl (C=O) groups is 1. The summed E-state index contributed by atoms with van der Waals surface area (Å²) in [6.45, 7) is 3.73. The average molecular weight is 264 g/mol. The molecule has 0 amide bonds. The Hall–Kier alpha value is -1.61. The fourth-order valence-corrected chi connectivity index (χ4v) is 2.35. The van der Waals surface area contributed by atoms with Crippen LogP contribution in [0.25, 0.3) is 10.9 Å². The number of aliphatic carboxylic acids is 1. The molecule has 3 nitrogen and oxygen atoms in total. The van der Waals surface area contributed by atoms with Crippen LogP contribution in [0.4, 0.5) is 0 Å². The number of benzene rings is 1. The maximum Gasteiger partial charge on any atom is 0.310 e.